The van der Waals surface area contributed by atoms with Gasteiger partial charge < -0.3 is 0 Å². The predicted octanol–water partition coefficient (Wildman–Crippen LogP) is 3.57. The highest BCUT2D eigenvalue weighted by molar-refractivity contribution is 6.31. The highest BCUT2D eigenvalue weighted by Gasteiger charge is 2.11. The van der Waals surface area contributed by atoms with Crippen molar-refractivity contribution in [3.05, 3.63) is 45.4 Å². The summed E-state index contributed by atoms with van der Waals surface area (Å²) < 4.78 is 0. The molecule has 0 spiro atoms. The molecule has 7 heteroatoms. The number of aromatic nitrogens is 4. The van der Waals surface area contributed by atoms with Crippen molar-refractivity contribution in [2.24, 2.45) is 0 Å². The highest BCUT2D eigenvalue weighted by atomic mass is 35.5. The summed E-state index contributed by atoms with van der Waals surface area (Å²) >= 11 is 17.2. The lowest BCUT2D eigenvalue weighted by molar-refractivity contribution is 0.691. The van der Waals surface area contributed by atoms with Gasteiger partial charge in [-0.15, -0.1) is 0 Å². The topological polar surface area (TPSA) is 51.6 Å². The van der Waals surface area contributed by atoms with E-state index in [1.165, 1.54) is 0 Å². The number of hydrogen-bond acceptors (Lipinski definition) is 4. The van der Waals surface area contributed by atoms with Crippen LogP contribution in [0.2, 0.25) is 15.6 Å². The maximum atomic E-state index is 5.79. The zero-order valence-corrected chi connectivity index (χ0v) is 11.7. The van der Waals surface area contributed by atoms with Crippen molar-refractivity contribution in [2.75, 3.05) is 0 Å². The second-order valence-corrected chi connectivity index (χ2v) is 4.91. The van der Waals surface area contributed by atoms with Crippen molar-refractivity contribution in [1.82, 2.24) is 19.9 Å². The molecule has 0 saturated carbocycles. The highest BCUT2D eigenvalue weighted by Crippen LogP contribution is 2.19. The Balaban J connectivity index is 2.15. The van der Waals surface area contributed by atoms with Crippen molar-refractivity contribution >= 4 is 34.8 Å². The van der Waals surface area contributed by atoms with E-state index in [4.69, 9.17) is 34.8 Å². The Morgan fingerprint density at radius 2 is 1.72 bits per heavy atom. The van der Waals surface area contributed by atoms with Crippen molar-refractivity contribution in [1.29, 1.82) is 0 Å². The zero-order valence-electron chi connectivity index (χ0n) is 9.44. The van der Waals surface area contributed by atoms with Crippen LogP contribution in [0.1, 0.15) is 24.4 Å². The third-order valence-corrected chi connectivity index (χ3v) is 2.93. The monoisotopic (exact) mass is 302 g/mol. The van der Waals surface area contributed by atoms with E-state index in [0.717, 1.165) is 5.69 Å². The molecule has 18 heavy (non-hydrogen) atoms. The van der Waals surface area contributed by atoms with Crippen LogP contribution in [0.4, 0.5) is 0 Å². The lowest BCUT2D eigenvalue weighted by atomic mass is 10.0. The summed E-state index contributed by atoms with van der Waals surface area (Å²) in [6, 6.07) is 3.67. The summed E-state index contributed by atoms with van der Waals surface area (Å²) in [4.78, 5) is 16.0. The van der Waals surface area contributed by atoms with E-state index in [9.17, 15) is 0 Å². The number of rotatable bonds is 3. The van der Waals surface area contributed by atoms with Crippen LogP contribution in [-0.2, 0) is 6.42 Å². The average Bonchev–Trinajstić information content (AvgIpc) is 2.28. The maximum Gasteiger partial charge on any atom is 0.226 e. The van der Waals surface area contributed by atoms with E-state index < -0.39 is 0 Å². The summed E-state index contributed by atoms with van der Waals surface area (Å²) in [5, 5.41) is 0.805. The molecule has 0 aliphatic rings. The Hall–Kier alpha value is -0.970. The fraction of sp³-hybridized carbons (Fsp3) is 0.273. The molecule has 0 aromatic carbocycles. The van der Waals surface area contributed by atoms with Crippen LogP contribution < -0.4 is 0 Å². The van der Waals surface area contributed by atoms with Crippen molar-refractivity contribution < 1.29 is 0 Å². The van der Waals surface area contributed by atoms with Crippen molar-refractivity contribution in [3.63, 3.8) is 0 Å². The van der Waals surface area contributed by atoms with Crippen LogP contribution in [0.25, 0.3) is 0 Å². The molecule has 0 fully saturated rings. The molecule has 0 amide bonds. The second kappa shape index (κ2) is 5.78. The zero-order chi connectivity index (χ0) is 13.1. The first kappa shape index (κ1) is 13.5. The first-order chi connectivity index (χ1) is 8.54. The molecular formula is C11H9Cl3N4. The van der Waals surface area contributed by atoms with Crippen LogP contribution >= 0.6 is 34.8 Å². The lowest BCUT2D eigenvalue weighted by Crippen LogP contribution is -2.05. The number of pyridine rings is 1. The first-order valence-corrected chi connectivity index (χ1v) is 6.35. The molecule has 0 aliphatic carbocycles. The SMILES string of the molecule is CC(Cc1nc(Cl)nc(Cl)n1)c1ccc(Cl)cn1. The van der Waals surface area contributed by atoms with E-state index in [1.807, 2.05) is 13.0 Å². The minimum absolute atomic E-state index is 0.0984. The van der Waals surface area contributed by atoms with Gasteiger partial charge in [0.25, 0.3) is 0 Å². The van der Waals surface area contributed by atoms with Gasteiger partial charge in [0, 0.05) is 24.2 Å². The second-order valence-electron chi connectivity index (χ2n) is 3.80. The quantitative estimate of drug-likeness (QED) is 0.869. The molecule has 2 heterocycles. The normalized spacial score (nSPS) is 12.4. The Bertz CT molecular complexity index is 524. The fourth-order valence-electron chi connectivity index (χ4n) is 1.51. The number of nitrogens with zero attached hydrogens (tertiary/aromatic N) is 4. The Morgan fingerprint density at radius 1 is 1.06 bits per heavy atom. The van der Waals surface area contributed by atoms with E-state index in [0.29, 0.717) is 17.3 Å². The standard InChI is InChI=1S/C11H9Cl3N4/c1-6(8-3-2-7(12)5-15-8)4-9-16-10(13)18-11(14)17-9/h2-3,5-6H,4H2,1H3. The molecule has 0 N–H and O–H groups in total. The molecule has 2 rings (SSSR count). The number of halogens is 3. The molecule has 1 unspecified atom stereocenters. The Morgan fingerprint density at radius 3 is 2.28 bits per heavy atom. The molecule has 2 aromatic rings. The van der Waals surface area contributed by atoms with Crippen LogP contribution in [-0.4, -0.2) is 19.9 Å². The van der Waals surface area contributed by atoms with Crippen molar-refractivity contribution in [3.8, 4) is 0 Å². The smallest absolute Gasteiger partial charge is 0.226 e. The van der Waals surface area contributed by atoms with Gasteiger partial charge in [-0.3, -0.25) is 4.98 Å². The number of hydrogen-bond donors (Lipinski definition) is 0. The van der Waals surface area contributed by atoms with E-state index >= 15 is 0 Å². The van der Waals surface area contributed by atoms with Gasteiger partial charge in [-0.05, 0) is 35.3 Å². The Kier molecular flexibility index (Phi) is 4.32. The van der Waals surface area contributed by atoms with Crippen LogP contribution in [0.5, 0.6) is 0 Å². The van der Waals surface area contributed by atoms with Gasteiger partial charge in [-0.2, -0.15) is 4.98 Å². The van der Waals surface area contributed by atoms with Gasteiger partial charge in [0.05, 0.1) is 5.02 Å². The van der Waals surface area contributed by atoms with Gasteiger partial charge in [0.15, 0.2) is 0 Å². The maximum absolute atomic E-state index is 5.79. The van der Waals surface area contributed by atoms with Gasteiger partial charge >= 0.3 is 0 Å². The van der Waals surface area contributed by atoms with E-state index in [2.05, 4.69) is 19.9 Å². The van der Waals surface area contributed by atoms with Crippen molar-refractivity contribution in [2.45, 2.75) is 19.3 Å². The third-order valence-electron chi connectivity index (χ3n) is 2.37. The molecular weight excluding hydrogens is 295 g/mol. The fourth-order valence-corrected chi connectivity index (χ4v) is 2.02. The summed E-state index contributed by atoms with van der Waals surface area (Å²) in [6.45, 7) is 2.02. The van der Waals surface area contributed by atoms with Gasteiger partial charge in [-0.25, -0.2) is 9.97 Å². The molecule has 94 valence electrons. The van der Waals surface area contributed by atoms with E-state index in [-0.39, 0.29) is 16.5 Å². The first-order valence-electron chi connectivity index (χ1n) is 5.22. The van der Waals surface area contributed by atoms with Gasteiger partial charge in [0.1, 0.15) is 5.82 Å². The van der Waals surface area contributed by atoms with Crippen LogP contribution in [0, 0.1) is 0 Å². The van der Waals surface area contributed by atoms with Gasteiger partial charge in [0.2, 0.25) is 10.6 Å². The average molecular weight is 304 g/mol. The molecule has 0 radical (unpaired) electrons. The molecule has 4 nitrogen and oxygen atoms in total. The lowest BCUT2D eigenvalue weighted by Gasteiger charge is -2.09. The summed E-state index contributed by atoms with van der Waals surface area (Å²) in [5.41, 5.74) is 0.909. The minimum atomic E-state index is 0.0984. The largest absolute Gasteiger partial charge is 0.259 e. The molecule has 0 aliphatic heterocycles. The molecule has 0 saturated heterocycles. The third kappa shape index (κ3) is 3.51. The summed E-state index contributed by atoms with van der Waals surface area (Å²) in [7, 11) is 0. The van der Waals surface area contributed by atoms with E-state index in [1.54, 1.807) is 12.3 Å². The minimum Gasteiger partial charge on any atom is -0.259 e. The summed E-state index contributed by atoms with van der Waals surface area (Å²) in [6.07, 6.45) is 2.19. The molecule has 0 bridgehead atoms. The predicted molar refractivity (Wildman–Crippen MR) is 71.2 cm³/mol. The van der Waals surface area contributed by atoms with Crippen LogP contribution in [0.15, 0.2) is 18.3 Å². The van der Waals surface area contributed by atoms with Crippen LogP contribution in [0.3, 0.4) is 0 Å². The summed E-state index contributed by atoms with van der Waals surface area (Å²) in [5.74, 6) is 0.682. The van der Waals surface area contributed by atoms with Gasteiger partial charge in [-0.1, -0.05) is 18.5 Å². The molecule has 1 atom stereocenters. The Labute approximate surface area is 119 Å². The molecule has 2 aromatic heterocycles.